The van der Waals surface area contributed by atoms with Gasteiger partial charge in [0.25, 0.3) is 0 Å². The van der Waals surface area contributed by atoms with Crippen molar-refractivity contribution in [3.8, 4) is 0 Å². The molecule has 0 aromatic carbocycles. The van der Waals surface area contributed by atoms with Gasteiger partial charge in [-0.15, -0.1) is 0 Å². The number of β-amino-alcohol motifs (C(OH)–C–C–N with tert-alkyl or cyclic N) is 1. The molecule has 5 nitrogen and oxygen atoms in total. The van der Waals surface area contributed by atoms with Crippen LogP contribution in [0.1, 0.15) is 6.92 Å². The van der Waals surface area contributed by atoms with E-state index >= 15 is 0 Å². The number of hydrogen-bond donors (Lipinski definition) is 2. The largest absolute Gasteiger partial charge is 0.388 e. The third kappa shape index (κ3) is 2.18. The Hall–Kier alpha value is -0.650. The second-order valence-corrected chi connectivity index (χ2v) is 3.37. The van der Waals surface area contributed by atoms with Crippen LogP contribution in [0.3, 0.4) is 0 Å². The summed E-state index contributed by atoms with van der Waals surface area (Å²) in [5.74, 6) is -0.140. The molecule has 0 aliphatic carbocycles. The monoisotopic (exact) mass is 188 g/mol. The fourth-order valence-electron chi connectivity index (χ4n) is 1.46. The summed E-state index contributed by atoms with van der Waals surface area (Å²) in [4.78, 5) is 12.9. The van der Waals surface area contributed by atoms with E-state index in [9.17, 15) is 9.90 Å². The number of nitrogens with two attached hydrogens (primary N) is 1. The lowest BCUT2D eigenvalue weighted by Crippen LogP contribution is -2.41. The molecule has 0 aromatic heterocycles. The van der Waals surface area contributed by atoms with E-state index in [0.29, 0.717) is 13.1 Å². The summed E-state index contributed by atoms with van der Waals surface area (Å²) in [7, 11) is 1.52. The summed E-state index contributed by atoms with van der Waals surface area (Å²) in [6.45, 7) is 2.38. The normalized spacial score (nSPS) is 30.6. The van der Waals surface area contributed by atoms with Gasteiger partial charge in [-0.1, -0.05) is 0 Å². The van der Waals surface area contributed by atoms with Crippen LogP contribution in [0.25, 0.3) is 0 Å². The molecular formula is C8H16N2O3. The van der Waals surface area contributed by atoms with Gasteiger partial charge in [0.1, 0.15) is 6.10 Å². The van der Waals surface area contributed by atoms with E-state index in [-0.39, 0.29) is 12.0 Å². The van der Waals surface area contributed by atoms with Crippen LogP contribution in [0.4, 0.5) is 0 Å². The standard InChI is InChI=1S/C8H16N2O3/c1-5(9)8(12)10-3-6(11)7(4-10)13-2/h5-7,11H,3-4,9H2,1-2H3/t5-,6+,7+/m0/s1. The van der Waals surface area contributed by atoms with Crippen molar-refractivity contribution in [2.45, 2.75) is 25.2 Å². The molecule has 0 saturated carbocycles. The SMILES string of the molecule is CO[C@@H]1CN(C(=O)[C@H](C)N)C[C@H]1O. The highest BCUT2D eigenvalue weighted by Crippen LogP contribution is 2.13. The number of hydrogen-bond acceptors (Lipinski definition) is 4. The Kier molecular flexibility index (Phi) is 3.24. The van der Waals surface area contributed by atoms with Crippen molar-refractivity contribution in [3.63, 3.8) is 0 Å². The van der Waals surface area contributed by atoms with Gasteiger partial charge in [-0.25, -0.2) is 0 Å². The first-order valence-corrected chi connectivity index (χ1v) is 4.31. The molecule has 1 heterocycles. The van der Waals surface area contributed by atoms with Crippen LogP contribution in [0.15, 0.2) is 0 Å². The molecule has 0 spiro atoms. The second-order valence-electron chi connectivity index (χ2n) is 3.37. The molecule has 5 heteroatoms. The molecule has 13 heavy (non-hydrogen) atoms. The van der Waals surface area contributed by atoms with Gasteiger partial charge in [-0.2, -0.15) is 0 Å². The van der Waals surface area contributed by atoms with E-state index < -0.39 is 12.1 Å². The first-order chi connectivity index (χ1) is 6.06. The van der Waals surface area contributed by atoms with E-state index in [1.165, 1.54) is 12.0 Å². The molecule has 76 valence electrons. The van der Waals surface area contributed by atoms with Gasteiger partial charge in [0.15, 0.2) is 0 Å². The van der Waals surface area contributed by atoms with Crippen LogP contribution in [0.5, 0.6) is 0 Å². The van der Waals surface area contributed by atoms with Crippen molar-refractivity contribution >= 4 is 5.91 Å². The molecule has 1 rings (SSSR count). The van der Waals surface area contributed by atoms with Crippen LogP contribution >= 0.6 is 0 Å². The summed E-state index contributed by atoms with van der Waals surface area (Å²) in [5.41, 5.74) is 5.43. The van der Waals surface area contributed by atoms with E-state index in [2.05, 4.69) is 0 Å². The molecule has 1 aliphatic heterocycles. The predicted molar refractivity (Wildman–Crippen MR) is 47.0 cm³/mol. The zero-order valence-corrected chi connectivity index (χ0v) is 7.93. The Balaban J connectivity index is 2.53. The number of nitrogens with zero attached hydrogens (tertiary/aromatic N) is 1. The van der Waals surface area contributed by atoms with E-state index in [1.807, 2.05) is 0 Å². The van der Waals surface area contributed by atoms with Crippen molar-refractivity contribution < 1.29 is 14.6 Å². The highest BCUT2D eigenvalue weighted by atomic mass is 16.5. The number of amides is 1. The summed E-state index contributed by atoms with van der Waals surface area (Å²) in [5, 5.41) is 9.43. The second kappa shape index (κ2) is 4.04. The van der Waals surface area contributed by atoms with Gasteiger partial charge < -0.3 is 20.5 Å². The first-order valence-electron chi connectivity index (χ1n) is 4.31. The van der Waals surface area contributed by atoms with Crippen LogP contribution in [-0.2, 0) is 9.53 Å². The van der Waals surface area contributed by atoms with Crippen LogP contribution in [0, 0.1) is 0 Å². The fraction of sp³-hybridized carbons (Fsp3) is 0.875. The first kappa shape index (κ1) is 10.4. The van der Waals surface area contributed by atoms with Crippen molar-refractivity contribution in [3.05, 3.63) is 0 Å². The lowest BCUT2D eigenvalue weighted by Gasteiger charge is -2.17. The highest BCUT2D eigenvalue weighted by molar-refractivity contribution is 5.81. The summed E-state index contributed by atoms with van der Waals surface area (Å²) in [6, 6.07) is -0.511. The minimum Gasteiger partial charge on any atom is -0.388 e. The maximum absolute atomic E-state index is 11.4. The Morgan fingerprint density at radius 3 is 2.69 bits per heavy atom. The zero-order valence-electron chi connectivity index (χ0n) is 7.93. The van der Waals surface area contributed by atoms with Crippen molar-refractivity contribution in [1.29, 1.82) is 0 Å². The molecule has 1 fully saturated rings. The van der Waals surface area contributed by atoms with Gasteiger partial charge in [-0.3, -0.25) is 4.79 Å². The summed E-state index contributed by atoms with van der Waals surface area (Å²) >= 11 is 0. The van der Waals surface area contributed by atoms with Crippen molar-refractivity contribution in [1.82, 2.24) is 4.90 Å². The van der Waals surface area contributed by atoms with E-state index in [0.717, 1.165) is 0 Å². The lowest BCUT2D eigenvalue weighted by atomic mass is 10.3. The number of aliphatic hydroxyl groups is 1. The predicted octanol–water partition coefficient (Wildman–Crippen LogP) is -1.45. The van der Waals surface area contributed by atoms with E-state index in [1.54, 1.807) is 6.92 Å². The summed E-state index contributed by atoms with van der Waals surface area (Å²) in [6.07, 6.45) is -0.865. The van der Waals surface area contributed by atoms with Crippen molar-refractivity contribution in [2.24, 2.45) is 5.73 Å². The number of ether oxygens (including phenoxy) is 1. The lowest BCUT2D eigenvalue weighted by molar-refractivity contribution is -0.131. The Morgan fingerprint density at radius 1 is 1.69 bits per heavy atom. The minimum absolute atomic E-state index is 0.140. The van der Waals surface area contributed by atoms with Gasteiger partial charge in [0.05, 0.1) is 12.1 Å². The highest BCUT2D eigenvalue weighted by Gasteiger charge is 2.34. The number of rotatable bonds is 2. The van der Waals surface area contributed by atoms with Gasteiger partial charge in [0, 0.05) is 20.2 Å². The molecule has 0 aromatic rings. The molecule has 0 radical (unpaired) electrons. The Labute approximate surface area is 77.5 Å². The average Bonchev–Trinajstić information content (AvgIpc) is 2.45. The van der Waals surface area contributed by atoms with Crippen molar-refractivity contribution in [2.75, 3.05) is 20.2 Å². The maximum atomic E-state index is 11.4. The number of methoxy groups -OCH3 is 1. The van der Waals surface area contributed by atoms with Gasteiger partial charge in [-0.05, 0) is 6.92 Å². The Morgan fingerprint density at radius 2 is 2.31 bits per heavy atom. The number of carbonyl (C=O) groups is 1. The smallest absolute Gasteiger partial charge is 0.239 e. The molecular weight excluding hydrogens is 172 g/mol. The summed E-state index contributed by atoms with van der Waals surface area (Å²) < 4.78 is 5.00. The van der Waals surface area contributed by atoms with Crippen LogP contribution in [0.2, 0.25) is 0 Å². The zero-order chi connectivity index (χ0) is 10.0. The average molecular weight is 188 g/mol. The molecule has 1 aliphatic rings. The topological polar surface area (TPSA) is 75.8 Å². The van der Waals surface area contributed by atoms with E-state index in [4.69, 9.17) is 10.5 Å². The molecule has 0 bridgehead atoms. The third-order valence-electron chi connectivity index (χ3n) is 2.24. The third-order valence-corrected chi connectivity index (χ3v) is 2.24. The fourth-order valence-corrected chi connectivity index (χ4v) is 1.46. The molecule has 3 atom stereocenters. The van der Waals surface area contributed by atoms with Gasteiger partial charge in [0.2, 0.25) is 5.91 Å². The minimum atomic E-state index is -0.590. The van der Waals surface area contributed by atoms with Crippen LogP contribution < -0.4 is 5.73 Å². The molecule has 3 N–H and O–H groups in total. The molecule has 1 saturated heterocycles. The van der Waals surface area contributed by atoms with Gasteiger partial charge >= 0.3 is 0 Å². The Bertz CT molecular complexity index is 196. The quantitative estimate of drug-likeness (QED) is 0.556. The molecule has 1 amide bonds. The number of aliphatic hydroxyl groups excluding tert-OH is 1. The number of likely N-dealkylation sites (tertiary alicyclic amines) is 1. The number of carbonyl (C=O) groups excluding carboxylic acids is 1. The maximum Gasteiger partial charge on any atom is 0.239 e. The molecule has 0 unspecified atom stereocenters. The van der Waals surface area contributed by atoms with Crippen LogP contribution in [-0.4, -0.2) is 54.4 Å².